The van der Waals surface area contributed by atoms with Crippen LogP contribution in [0.3, 0.4) is 0 Å². The van der Waals surface area contributed by atoms with Gasteiger partial charge in [0, 0.05) is 5.56 Å². The van der Waals surface area contributed by atoms with Crippen LogP contribution in [0, 0.1) is 29.4 Å². The standard InChI is InChI=1S/C33H45ClF2/c1-2-3-4-5-6-7-24-8-10-25(11-9-24)12-13-26-14-16-27(17-15-26)28-18-20-30(32(35)22-28)29-19-21-31(34)33(36)23-29/h18-27H,2-17H2,1H3/t24-,25-,26-,27-. The fraction of sp³-hybridized carbons (Fsp3) is 0.636. The minimum absolute atomic E-state index is 0.0633. The van der Waals surface area contributed by atoms with Crippen LogP contribution in [0.5, 0.6) is 0 Å². The van der Waals surface area contributed by atoms with E-state index in [9.17, 15) is 8.78 Å². The molecule has 0 amide bonds. The quantitative estimate of drug-likeness (QED) is 0.261. The molecule has 4 rings (SSSR count). The second-order valence-electron chi connectivity index (χ2n) is 11.8. The van der Waals surface area contributed by atoms with Crippen LogP contribution in [-0.2, 0) is 0 Å². The molecule has 0 radical (unpaired) electrons. The van der Waals surface area contributed by atoms with Crippen LogP contribution in [-0.4, -0.2) is 0 Å². The number of hydrogen-bond donors (Lipinski definition) is 0. The van der Waals surface area contributed by atoms with Crippen molar-refractivity contribution in [3.63, 3.8) is 0 Å². The van der Waals surface area contributed by atoms with E-state index in [4.69, 9.17) is 11.6 Å². The molecule has 0 bridgehead atoms. The van der Waals surface area contributed by atoms with E-state index < -0.39 is 5.82 Å². The summed E-state index contributed by atoms with van der Waals surface area (Å²) in [5, 5.41) is 0.0633. The Morgan fingerprint density at radius 1 is 0.667 bits per heavy atom. The molecule has 3 heteroatoms. The maximum Gasteiger partial charge on any atom is 0.142 e. The molecular formula is C33H45ClF2. The summed E-state index contributed by atoms with van der Waals surface area (Å²) < 4.78 is 28.7. The predicted molar refractivity (Wildman–Crippen MR) is 150 cm³/mol. The first-order valence-electron chi connectivity index (χ1n) is 14.8. The van der Waals surface area contributed by atoms with Crippen molar-refractivity contribution in [1.82, 2.24) is 0 Å². The first-order chi connectivity index (χ1) is 17.5. The van der Waals surface area contributed by atoms with Gasteiger partial charge in [0.25, 0.3) is 0 Å². The van der Waals surface area contributed by atoms with E-state index in [0.717, 1.165) is 36.2 Å². The van der Waals surface area contributed by atoms with Crippen molar-refractivity contribution in [1.29, 1.82) is 0 Å². The third kappa shape index (κ3) is 7.80. The molecule has 0 aromatic heterocycles. The highest BCUT2D eigenvalue weighted by molar-refractivity contribution is 6.30. The largest absolute Gasteiger partial charge is 0.206 e. The summed E-state index contributed by atoms with van der Waals surface area (Å²) in [6.45, 7) is 2.29. The monoisotopic (exact) mass is 514 g/mol. The van der Waals surface area contributed by atoms with Crippen LogP contribution >= 0.6 is 11.6 Å². The van der Waals surface area contributed by atoms with Gasteiger partial charge in [0.2, 0.25) is 0 Å². The Balaban J connectivity index is 1.16. The third-order valence-corrected chi connectivity index (χ3v) is 9.51. The van der Waals surface area contributed by atoms with Gasteiger partial charge >= 0.3 is 0 Å². The van der Waals surface area contributed by atoms with Crippen molar-refractivity contribution in [3.8, 4) is 11.1 Å². The third-order valence-electron chi connectivity index (χ3n) is 9.21. The lowest BCUT2D eigenvalue weighted by Crippen LogP contribution is -2.18. The van der Waals surface area contributed by atoms with Gasteiger partial charge in [-0.15, -0.1) is 0 Å². The Bertz CT molecular complexity index is 939. The fourth-order valence-electron chi connectivity index (χ4n) is 6.78. The zero-order valence-corrected chi connectivity index (χ0v) is 23.0. The van der Waals surface area contributed by atoms with E-state index >= 15 is 0 Å². The lowest BCUT2D eigenvalue weighted by Gasteiger charge is -2.32. The molecule has 0 unspecified atom stereocenters. The van der Waals surface area contributed by atoms with Gasteiger partial charge in [-0.25, -0.2) is 8.78 Å². The molecule has 198 valence electrons. The average Bonchev–Trinajstić information content (AvgIpc) is 2.90. The van der Waals surface area contributed by atoms with E-state index in [-0.39, 0.29) is 10.8 Å². The molecule has 0 spiro atoms. The lowest BCUT2D eigenvalue weighted by molar-refractivity contribution is 0.222. The SMILES string of the molecule is CCCCCCC[C@H]1CC[C@H](CC[C@H]2CC[C@H](c3ccc(-c4ccc(Cl)c(F)c4)c(F)c3)CC2)CC1. The van der Waals surface area contributed by atoms with E-state index in [1.807, 2.05) is 6.07 Å². The van der Waals surface area contributed by atoms with Crippen molar-refractivity contribution >= 4 is 11.6 Å². The Labute approximate surface area is 223 Å². The van der Waals surface area contributed by atoms with E-state index in [1.54, 1.807) is 18.2 Å². The maximum atomic E-state index is 14.9. The van der Waals surface area contributed by atoms with E-state index in [1.165, 1.54) is 102 Å². The summed E-state index contributed by atoms with van der Waals surface area (Å²) in [7, 11) is 0. The molecule has 0 aliphatic heterocycles. The minimum Gasteiger partial charge on any atom is -0.206 e. The Morgan fingerprint density at radius 3 is 1.89 bits per heavy atom. The highest BCUT2D eigenvalue weighted by Crippen LogP contribution is 2.41. The molecule has 2 aliphatic rings. The summed E-state index contributed by atoms with van der Waals surface area (Å²) in [6, 6.07) is 10.00. The topological polar surface area (TPSA) is 0 Å². The molecule has 2 aromatic carbocycles. The minimum atomic E-state index is -0.512. The maximum absolute atomic E-state index is 14.9. The molecule has 0 atom stereocenters. The Morgan fingerprint density at radius 2 is 1.28 bits per heavy atom. The van der Waals surface area contributed by atoms with Crippen LogP contribution in [0.1, 0.15) is 121 Å². The van der Waals surface area contributed by atoms with Gasteiger partial charge in [-0.2, -0.15) is 0 Å². The predicted octanol–water partition coefficient (Wildman–Crippen LogP) is 11.5. The molecule has 0 N–H and O–H groups in total. The Hall–Kier alpha value is -1.41. The molecule has 2 aromatic rings. The average molecular weight is 515 g/mol. The summed E-state index contributed by atoms with van der Waals surface area (Å²) in [6.07, 6.45) is 22.0. The number of benzene rings is 2. The summed E-state index contributed by atoms with van der Waals surface area (Å²) in [5.74, 6) is 2.47. The van der Waals surface area contributed by atoms with Crippen LogP contribution in [0.15, 0.2) is 36.4 Å². The first-order valence-corrected chi connectivity index (χ1v) is 15.2. The van der Waals surface area contributed by atoms with Gasteiger partial charge in [0.15, 0.2) is 0 Å². The van der Waals surface area contributed by atoms with Gasteiger partial charge in [0.1, 0.15) is 11.6 Å². The summed E-state index contributed by atoms with van der Waals surface area (Å²) in [4.78, 5) is 0. The van der Waals surface area contributed by atoms with Gasteiger partial charge in [-0.05, 0) is 78.7 Å². The van der Waals surface area contributed by atoms with Gasteiger partial charge in [-0.1, -0.05) is 114 Å². The molecule has 2 fully saturated rings. The highest BCUT2D eigenvalue weighted by Gasteiger charge is 2.26. The number of unbranched alkanes of at least 4 members (excludes halogenated alkanes) is 4. The molecule has 0 heterocycles. The van der Waals surface area contributed by atoms with Crippen molar-refractivity contribution in [2.75, 3.05) is 0 Å². The van der Waals surface area contributed by atoms with Crippen LogP contribution in [0.4, 0.5) is 8.78 Å². The fourth-order valence-corrected chi connectivity index (χ4v) is 6.90. The zero-order valence-electron chi connectivity index (χ0n) is 22.2. The molecule has 2 saturated carbocycles. The second-order valence-corrected chi connectivity index (χ2v) is 12.2. The van der Waals surface area contributed by atoms with Crippen molar-refractivity contribution < 1.29 is 8.78 Å². The van der Waals surface area contributed by atoms with Gasteiger partial charge in [0.05, 0.1) is 5.02 Å². The van der Waals surface area contributed by atoms with Gasteiger partial charge < -0.3 is 0 Å². The molecule has 0 nitrogen and oxygen atoms in total. The highest BCUT2D eigenvalue weighted by atomic mass is 35.5. The van der Waals surface area contributed by atoms with Crippen LogP contribution in [0.2, 0.25) is 5.02 Å². The van der Waals surface area contributed by atoms with Crippen molar-refractivity contribution in [3.05, 3.63) is 58.6 Å². The summed E-state index contributed by atoms with van der Waals surface area (Å²) in [5.41, 5.74) is 2.07. The number of rotatable bonds is 11. The van der Waals surface area contributed by atoms with Crippen molar-refractivity contribution in [2.24, 2.45) is 17.8 Å². The molecular weight excluding hydrogens is 470 g/mol. The van der Waals surface area contributed by atoms with Gasteiger partial charge in [-0.3, -0.25) is 0 Å². The lowest BCUT2D eigenvalue weighted by atomic mass is 9.74. The normalized spacial score (nSPS) is 24.7. The molecule has 2 aliphatic carbocycles. The zero-order chi connectivity index (χ0) is 25.3. The summed E-state index contributed by atoms with van der Waals surface area (Å²) >= 11 is 5.78. The van der Waals surface area contributed by atoms with E-state index in [2.05, 4.69) is 6.92 Å². The smallest absolute Gasteiger partial charge is 0.142 e. The van der Waals surface area contributed by atoms with Crippen LogP contribution in [0.25, 0.3) is 11.1 Å². The Kier molecular flexibility index (Phi) is 10.7. The second kappa shape index (κ2) is 13.9. The molecule has 36 heavy (non-hydrogen) atoms. The molecule has 0 saturated heterocycles. The first kappa shape index (κ1) is 27.6. The van der Waals surface area contributed by atoms with E-state index in [0.29, 0.717) is 17.0 Å². The van der Waals surface area contributed by atoms with Crippen LogP contribution < -0.4 is 0 Å². The number of hydrogen-bond acceptors (Lipinski definition) is 0. The number of halogens is 3. The van der Waals surface area contributed by atoms with Crippen molar-refractivity contribution in [2.45, 2.75) is 116 Å².